The number of nitrogens with zero attached hydrogens (tertiary/aromatic N) is 2. The van der Waals surface area contributed by atoms with Crippen molar-refractivity contribution in [3.63, 3.8) is 0 Å². The number of pyridine rings is 1. The molecule has 1 aromatic rings. The number of aliphatic carboxylic acids is 1. The first-order valence-corrected chi connectivity index (χ1v) is 6.59. The number of hydrogen-bond acceptors (Lipinski definition) is 5. The van der Waals surface area contributed by atoms with Crippen molar-refractivity contribution in [1.29, 1.82) is 0 Å². The van der Waals surface area contributed by atoms with E-state index in [-0.39, 0.29) is 24.6 Å². The van der Waals surface area contributed by atoms with Crippen molar-refractivity contribution in [2.75, 3.05) is 0 Å². The summed E-state index contributed by atoms with van der Waals surface area (Å²) in [6, 6.07) is 1.11. The van der Waals surface area contributed by atoms with Gasteiger partial charge in [-0.25, -0.2) is 4.79 Å². The summed E-state index contributed by atoms with van der Waals surface area (Å²) in [5.74, 6) is -1.97. The van der Waals surface area contributed by atoms with Crippen molar-refractivity contribution in [3.8, 4) is 0 Å². The van der Waals surface area contributed by atoms with E-state index in [2.05, 4.69) is 5.32 Å². The van der Waals surface area contributed by atoms with Gasteiger partial charge < -0.3 is 15.0 Å². The van der Waals surface area contributed by atoms with Gasteiger partial charge in [0, 0.05) is 25.1 Å². The second-order valence-corrected chi connectivity index (χ2v) is 5.05. The van der Waals surface area contributed by atoms with Gasteiger partial charge in [-0.2, -0.15) is 0 Å². The van der Waals surface area contributed by atoms with Crippen LogP contribution >= 0.6 is 0 Å². The molecule has 0 saturated carbocycles. The van der Waals surface area contributed by atoms with Gasteiger partial charge in [-0.05, 0) is 5.92 Å². The molecule has 0 aliphatic heterocycles. The molecule has 0 aliphatic carbocycles. The lowest BCUT2D eigenvalue weighted by atomic mass is 10.0. The predicted octanol–water partition coefficient (Wildman–Crippen LogP) is 0.372. The molecular formula is C13H17N3O6. The van der Waals surface area contributed by atoms with Gasteiger partial charge in [0.25, 0.3) is 11.2 Å². The topological polar surface area (TPSA) is 132 Å². The average Bonchev–Trinajstić information content (AvgIpc) is 2.42. The van der Waals surface area contributed by atoms with Crippen molar-refractivity contribution in [3.05, 3.63) is 38.8 Å². The molecule has 1 heterocycles. The second-order valence-electron chi connectivity index (χ2n) is 5.05. The predicted molar refractivity (Wildman–Crippen MR) is 76.4 cm³/mol. The number of hydrogen-bond donors (Lipinski definition) is 2. The zero-order chi connectivity index (χ0) is 16.9. The first-order chi connectivity index (χ1) is 10.2. The lowest BCUT2D eigenvalue weighted by molar-refractivity contribution is -0.385. The number of rotatable bonds is 7. The van der Waals surface area contributed by atoms with Gasteiger partial charge in [-0.1, -0.05) is 13.8 Å². The van der Waals surface area contributed by atoms with Crippen LogP contribution in [-0.2, 0) is 16.1 Å². The Labute approximate surface area is 125 Å². The smallest absolute Gasteiger partial charge is 0.326 e. The number of aryl methyl sites for hydroxylation is 1. The largest absolute Gasteiger partial charge is 0.480 e. The zero-order valence-corrected chi connectivity index (χ0v) is 12.2. The maximum atomic E-state index is 11.7. The zero-order valence-electron chi connectivity index (χ0n) is 12.2. The molecular weight excluding hydrogens is 294 g/mol. The Balaban J connectivity index is 2.72. The summed E-state index contributed by atoms with van der Waals surface area (Å²) in [5, 5.41) is 22.0. The Morgan fingerprint density at radius 3 is 2.55 bits per heavy atom. The molecule has 2 N–H and O–H groups in total. The van der Waals surface area contributed by atoms with Gasteiger partial charge in [-0.15, -0.1) is 0 Å². The molecule has 0 spiro atoms. The molecule has 9 nitrogen and oxygen atoms in total. The minimum Gasteiger partial charge on any atom is -0.480 e. The van der Waals surface area contributed by atoms with E-state index < -0.39 is 28.4 Å². The van der Waals surface area contributed by atoms with Gasteiger partial charge in [-0.3, -0.25) is 19.7 Å². The van der Waals surface area contributed by atoms with Crippen LogP contribution in [0.15, 0.2) is 23.1 Å². The number of aromatic nitrogens is 1. The Hall–Kier alpha value is -2.71. The van der Waals surface area contributed by atoms with Crippen molar-refractivity contribution >= 4 is 17.6 Å². The van der Waals surface area contributed by atoms with Crippen molar-refractivity contribution in [1.82, 2.24) is 9.88 Å². The van der Waals surface area contributed by atoms with E-state index in [1.165, 1.54) is 0 Å². The van der Waals surface area contributed by atoms with Crippen LogP contribution < -0.4 is 10.9 Å². The molecule has 1 aromatic heterocycles. The van der Waals surface area contributed by atoms with Crippen LogP contribution in [0.25, 0.3) is 0 Å². The Bertz CT molecular complexity index is 637. The summed E-state index contributed by atoms with van der Waals surface area (Å²) in [6.07, 6.45) is 0.893. The highest BCUT2D eigenvalue weighted by atomic mass is 16.6. The molecule has 1 amide bonds. The Morgan fingerprint density at radius 2 is 2.05 bits per heavy atom. The van der Waals surface area contributed by atoms with E-state index in [4.69, 9.17) is 5.11 Å². The molecule has 0 saturated heterocycles. The molecule has 0 radical (unpaired) electrons. The van der Waals surface area contributed by atoms with E-state index in [1.807, 2.05) is 0 Å². The third kappa shape index (κ3) is 4.69. The van der Waals surface area contributed by atoms with Crippen molar-refractivity contribution in [2.24, 2.45) is 5.92 Å². The summed E-state index contributed by atoms with van der Waals surface area (Å²) < 4.78 is 1.04. The monoisotopic (exact) mass is 311 g/mol. The van der Waals surface area contributed by atoms with Crippen LogP contribution in [0.2, 0.25) is 0 Å². The first kappa shape index (κ1) is 17.3. The number of carboxylic acids is 1. The maximum Gasteiger partial charge on any atom is 0.326 e. The standard InChI is InChI=1S/C13H17N3O6/c1-8(2)12(13(19)20)14-10(17)5-6-15-7-9(16(21)22)3-4-11(15)18/h3-4,7-8,12H,5-6H2,1-2H3,(H,14,17)(H,19,20). The molecule has 120 valence electrons. The lowest BCUT2D eigenvalue weighted by Crippen LogP contribution is -2.44. The number of amides is 1. The highest BCUT2D eigenvalue weighted by molar-refractivity contribution is 5.83. The fourth-order valence-electron chi connectivity index (χ4n) is 1.78. The molecule has 9 heteroatoms. The Morgan fingerprint density at radius 1 is 1.41 bits per heavy atom. The normalized spacial score (nSPS) is 12.0. The molecule has 1 atom stereocenters. The SMILES string of the molecule is CC(C)C(NC(=O)CCn1cc([N+](=O)[O-])ccc1=O)C(=O)O. The fraction of sp³-hybridized carbons (Fsp3) is 0.462. The summed E-state index contributed by atoms with van der Waals surface area (Å²) in [7, 11) is 0. The van der Waals surface area contributed by atoms with E-state index >= 15 is 0 Å². The summed E-state index contributed by atoms with van der Waals surface area (Å²) >= 11 is 0. The number of carboxylic acid groups (broad SMARTS) is 1. The first-order valence-electron chi connectivity index (χ1n) is 6.59. The van der Waals surface area contributed by atoms with Gasteiger partial charge in [0.2, 0.25) is 5.91 Å². The molecule has 22 heavy (non-hydrogen) atoms. The number of carbonyl (C=O) groups excluding carboxylic acids is 1. The molecule has 1 rings (SSSR count). The van der Waals surface area contributed by atoms with Crippen molar-refractivity contribution in [2.45, 2.75) is 32.9 Å². The van der Waals surface area contributed by atoms with Crippen LogP contribution in [0, 0.1) is 16.0 Å². The molecule has 0 aliphatic rings. The summed E-state index contributed by atoms with van der Waals surface area (Å²) in [6.45, 7) is 3.24. The minimum atomic E-state index is -1.14. The van der Waals surface area contributed by atoms with Crippen LogP contribution in [0.3, 0.4) is 0 Å². The number of nitrogens with one attached hydrogen (secondary N) is 1. The van der Waals surface area contributed by atoms with Gasteiger partial charge in [0.1, 0.15) is 6.04 Å². The van der Waals surface area contributed by atoms with Crippen molar-refractivity contribution < 1.29 is 19.6 Å². The highest BCUT2D eigenvalue weighted by Crippen LogP contribution is 2.07. The fourth-order valence-corrected chi connectivity index (χ4v) is 1.78. The van der Waals surface area contributed by atoms with Gasteiger partial charge in [0.05, 0.1) is 11.1 Å². The molecule has 0 fully saturated rings. The quantitative estimate of drug-likeness (QED) is 0.552. The number of carbonyl (C=O) groups is 2. The molecule has 0 aromatic carbocycles. The molecule has 0 bridgehead atoms. The second kappa shape index (κ2) is 7.34. The minimum absolute atomic E-state index is 0.0726. The third-order valence-corrected chi connectivity index (χ3v) is 3.01. The summed E-state index contributed by atoms with van der Waals surface area (Å²) in [4.78, 5) is 44.3. The Kier molecular flexibility index (Phi) is 5.79. The molecule has 1 unspecified atom stereocenters. The van der Waals surface area contributed by atoms with E-state index in [0.29, 0.717) is 0 Å². The lowest BCUT2D eigenvalue weighted by Gasteiger charge is -2.17. The third-order valence-electron chi connectivity index (χ3n) is 3.01. The van der Waals surface area contributed by atoms with Crippen LogP contribution in [0.5, 0.6) is 0 Å². The number of nitro groups is 1. The van der Waals surface area contributed by atoms with E-state index in [1.54, 1.807) is 13.8 Å². The summed E-state index contributed by atoms with van der Waals surface area (Å²) in [5.41, 5.74) is -0.734. The maximum absolute atomic E-state index is 11.7. The van der Waals surface area contributed by atoms with Crippen LogP contribution in [-0.4, -0.2) is 32.5 Å². The van der Waals surface area contributed by atoms with Gasteiger partial charge in [0.15, 0.2) is 0 Å². The van der Waals surface area contributed by atoms with Gasteiger partial charge >= 0.3 is 5.97 Å². The van der Waals surface area contributed by atoms with Crippen LogP contribution in [0.1, 0.15) is 20.3 Å². The van der Waals surface area contributed by atoms with Crippen LogP contribution in [0.4, 0.5) is 5.69 Å². The highest BCUT2D eigenvalue weighted by Gasteiger charge is 2.23. The average molecular weight is 311 g/mol. The van der Waals surface area contributed by atoms with E-state index in [0.717, 1.165) is 22.9 Å². The van der Waals surface area contributed by atoms with E-state index in [9.17, 15) is 24.5 Å².